The van der Waals surface area contributed by atoms with Crippen LogP contribution in [0.4, 0.5) is 4.79 Å². The summed E-state index contributed by atoms with van der Waals surface area (Å²) in [4.78, 5) is 17.5. The number of hydrogen-bond donors (Lipinski definition) is 2. The second-order valence-electron chi connectivity index (χ2n) is 4.73. The number of nitrogens with zero attached hydrogens (tertiary/aromatic N) is 3. The minimum absolute atomic E-state index is 0.301. The summed E-state index contributed by atoms with van der Waals surface area (Å²) in [6, 6.07) is 0.308. The number of hydroxylamine groups is 1. The van der Waals surface area contributed by atoms with E-state index in [4.69, 9.17) is 5.21 Å². The molecule has 2 rings (SSSR count). The Hall–Kier alpha value is -1.43. The molecule has 124 valence electrons. The van der Waals surface area contributed by atoms with Gasteiger partial charge >= 0.3 is 6.09 Å². The van der Waals surface area contributed by atoms with Crippen molar-refractivity contribution in [2.45, 2.75) is 39.7 Å². The molecule has 0 aliphatic carbocycles. The number of carbonyl (C=O) groups excluding carboxylic acids is 1. The van der Waals surface area contributed by atoms with Crippen LogP contribution in [0.25, 0.3) is 6.08 Å². The van der Waals surface area contributed by atoms with Gasteiger partial charge in [0.25, 0.3) is 0 Å². The van der Waals surface area contributed by atoms with Gasteiger partial charge in [-0.3, -0.25) is 0 Å². The van der Waals surface area contributed by atoms with Crippen molar-refractivity contribution >= 4 is 21.6 Å². The Balaban J connectivity index is 0.00000116. The normalized spacial score (nSPS) is 15.6. The molecule has 1 aliphatic rings. The first-order valence-electron chi connectivity index (χ1n) is 7.50. The number of imidazole rings is 1. The molecule has 0 bridgehead atoms. The van der Waals surface area contributed by atoms with E-state index in [2.05, 4.69) is 14.1 Å². The molecule has 1 aromatic heterocycles. The molecule has 0 spiro atoms. The number of aryl methyl sites for hydroxylation is 1. The Bertz CT molecular complexity index is 496. The van der Waals surface area contributed by atoms with Crippen molar-refractivity contribution < 1.29 is 20.0 Å². The smallest absolute Gasteiger partial charge is 0.411 e. The number of hydrogen-bond acceptors (Lipinski definition) is 4. The van der Waals surface area contributed by atoms with Crippen molar-refractivity contribution in [2.75, 3.05) is 13.1 Å². The molecule has 1 aromatic rings. The van der Waals surface area contributed by atoms with Crippen LogP contribution in [0.15, 0.2) is 12.5 Å². The lowest BCUT2D eigenvalue weighted by molar-refractivity contribution is -0.837. The highest BCUT2D eigenvalue weighted by Crippen LogP contribution is 2.26. The lowest BCUT2D eigenvalue weighted by Crippen LogP contribution is -2.73. The van der Waals surface area contributed by atoms with Gasteiger partial charge in [0.15, 0.2) is 0 Å². The summed E-state index contributed by atoms with van der Waals surface area (Å²) in [7, 11) is 1.99. The van der Waals surface area contributed by atoms with Crippen LogP contribution in [0.1, 0.15) is 44.1 Å². The van der Waals surface area contributed by atoms with Crippen LogP contribution in [0.5, 0.6) is 0 Å². The van der Waals surface area contributed by atoms with E-state index in [9.17, 15) is 4.79 Å². The molecule has 0 saturated carbocycles. The first-order chi connectivity index (χ1) is 10.7. The van der Waals surface area contributed by atoms with Gasteiger partial charge in [0.05, 0.1) is 27.2 Å². The number of quaternary nitrogens is 1. The van der Waals surface area contributed by atoms with Gasteiger partial charge in [0.2, 0.25) is 0 Å². The monoisotopic (exact) mass is 329 g/mol. The number of amides is 1. The van der Waals surface area contributed by atoms with E-state index in [0.717, 1.165) is 29.7 Å². The largest absolute Gasteiger partial charge is 0.435 e. The van der Waals surface area contributed by atoms with Crippen molar-refractivity contribution in [1.29, 1.82) is 0 Å². The fraction of sp³-hybridized carbons (Fsp3) is 0.571. The predicted octanol–water partition coefficient (Wildman–Crippen LogP) is 1.70. The fourth-order valence-corrected chi connectivity index (χ4v) is 2.65. The minimum Gasteiger partial charge on any atom is -0.435 e. The van der Waals surface area contributed by atoms with Crippen LogP contribution in [0.3, 0.4) is 0 Å². The van der Waals surface area contributed by atoms with Crippen molar-refractivity contribution in [1.82, 2.24) is 14.5 Å². The summed E-state index contributed by atoms with van der Waals surface area (Å²) in [6.07, 6.45) is 6.66. The van der Waals surface area contributed by atoms with Gasteiger partial charge in [0, 0.05) is 25.2 Å². The number of nitrogens with two attached hydrogens (primary N) is 1. The lowest BCUT2D eigenvalue weighted by Gasteiger charge is -2.32. The molecule has 7 nitrogen and oxygen atoms in total. The van der Waals surface area contributed by atoms with Gasteiger partial charge < -0.3 is 14.0 Å². The van der Waals surface area contributed by atoms with Crippen molar-refractivity contribution in [3.63, 3.8) is 0 Å². The zero-order valence-electron chi connectivity index (χ0n) is 13.4. The number of aromatic nitrogens is 2. The maximum absolute atomic E-state index is 11.4. The van der Waals surface area contributed by atoms with Crippen LogP contribution in [0, 0.1) is 6.92 Å². The van der Waals surface area contributed by atoms with E-state index < -0.39 is 0 Å². The molecule has 0 radical (unpaired) electrons. The Morgan fingerprint density at radius 3 is 2.68 bits per heavy atom. The number of piperidine rings is 1. The number of rotatable bonds is 3. The van der Waals surface area contributed by atoms with Crippen LogP contribution in [-0.2, 0) is 4.52 Å². The highest BCUT2D eigenvalue weighted by atomic mass is 31.0. The Morgan fingerprint density at radius 1 is 1.50 bits per heavy atom. The van der Waals surface area contributed by atoms with Crippen LogP contribution < -0.4 is 5.48 Å². The molecule has 2 heterocycles. The first-order valence-corrected chi connectivity index (χ1v) is 7.97. The van der Waals surface area contributed by atoms with Gasteiger partial charge in [-0.1, -0.05) is 13.8 Å². The van der Waals surface area contributed by atoms with Crippen molar-refractivity contribution in [3.05, 3.63) is 23.9 Å². The number of likely N-dealkylation sites (tertiary alicyclic amines) is 1. The van der Waals surface area contributed by atoms with E-state index in [-0.39, 0.29) is 6.09 Å². The van der Waals surface area contributed by atoms with Gasteiger partial charge in [-0.15, -0.1) is 0 Å². The van der Waals surface area contributed by atoms with E-state index in [1.54, 1.807) is 11.1 Å². The van der Waals surface area contributed by atoms with Gasteiger partial charge in [-0.25, -0.2) is 15.0 Å². The molecule has 0 aromatic carbocycles. The molecule has 8 heteroatoms. The zero-order valence-corrected chi connectivity index (χ0v) is 14.6. The number of carbonyl (C=O) groups is 1. The Kier molecular flexibility index (Phi) is 8.09. The molecule has 1 amide bonds. The average molecular weight is 329 g/mol. The average Bonchev–Trinajstić information content (AvgIpc) is 2.95. The molecular weight excluding hydrogens is 303 g/mol. The van der Waals surface area contributed by atoms with E-state index >= 15 is 0 Å². The Labute approximate surface area is 133 Å². The third-order valence-corrected chi connectivity index (χ3v) is 3.78. The molecule has 1 saturated heterocycles. The van der Waals surface area contributed by atoms with Gasteiger partial charge in [-0.2, -0.15) is 5.48 Å². The molecule has 1 aliphatic heterocycles. The fourth-order valence-electron chi connectivity index (χ4n) is 2.50. The summed E-state index contributed by atoms with van der Waals surface area (Å²) in [5.74, 6) is 0. The second kappa shape index (κ2) is 9.56. The summed E-state index contributed by atoms with van der Waals surface area (Å²) < 4.78 is 6.76. The summed E-state index contributed by atoms with van der Waals surface area (Å²) in [5.41, 5.74) is 2.92. The third kappa shape index (κ3) is 4.53. The standard InChI is InChI=1S/C12H19N4O3P.C2H6/c1-9-11(2-5-14-18)16(8-13-9)10-3-6-15(7-4-10)12(17)19-20;1-2/h2,5,8,10,14,18H,3-4,6-7,20H2,1H3;1-2H3/p+1/b5-2-;. The topological polar surface area (TPSA) is 84.2 Å². The maximum Gasteiger partial charge on any atom is 0.411 e. The molecular formula is C14H26N4O3P+. The molecule has 3 N–H and O–H groups in total. The first kappa shape index (κ1) is 18.6. The molecule has 1 unspecified atom stereocenters. The third-order valence-electron chi connectivity index (χ3n) is 3.58. The zero-order chi connectivity index (χ0) is 16.5. The lowest BCUT2D eigenvalue weighted by atomic mass is 10.0. The SMILES string of the molecule is CC.Cc1ncn(C2CCN(C(=O)OP)CC2)c1/C=C\[NH2+]O. The van der Waals surface area contributed by atoms with Gasteiger partial charge in [0.1, 0.15) is 6.20 Å². The summed E-state index contributed by atoms with van der Waals surface area (Å²) >= 11 is 0. The van der Waals surface area contributed by atoms with Crippen LogP contribution >= 0.6 is 9.47 Å². The maximum atomic E-state index is 11.4. The summed E-state index contributed by atoms with van der Waals surface area (Å²) in [6.45, 7) is 7.28. The second-order valence-corrected chi connectivity index (χ2v) is 4.97. The van der Waals surface area contributed by atoms with Crippen molar-refractivity contribution in [3.8, 4) is 0 Å². The van der Waals surface area contributed by atoms with Crippen molar-refractivity contribution in [2.24, 2.45) is 0 Å². The minimum atomic E-state index is -0.301. The van der Waals surface area contributed by atoms with E-state index in [0.29, 0.717) is 19.1 Å². The quantitative estimate of drug-likeness (QED) is 0.653. The molecule has 1 atom stereocenters. The van der Waals surface area contributed by atoms with E-state index in [1.807, 2.05) is 42.6 Å². The van der Waals surface area contributed by atoms with Crippen LogP contribution in [0.2, 0.25) is 0 Å². The summed E-state index contributed by atoms with van der Waals surface area (Å²) in [5, 5.41) is 8.78. The highest BCUT2D eigenvalue weighted by molar-refractivity contribution is 7.10. The molecule has 1 fully saturated rings. The molecule has 22 heavy (non-hydrogen) atoms. The van der Waals surface area contributed by atoms with Crippen LogP contribution in [-0.4, -0.2) is 38.8 Å². The highest BCUT2D eigenvalue weighted by Gasteiger charge is 2.25. The predicted molar refractivity (Wildman–Crippen MR) is 87.1 cm³/mol. The Morgan fingerprint density at radius 2 is 2.14 bits per heavy atom. The van der Waals surface area contributed by atoms with Gasteiger partial charge in [-0.05, 0) is 19.8 Å². The van der Waals surface area contributed by atoms with E-state index in [1.165, 1.54) is 0 Å².